The highest BCUT2D eigenvalue weighted by Crippen LogP contribution is 2.46. The van der Waals surface area contributed by atoms with Crippen molar-refractivity contribution in [3.63, 3.8) is 0 Å². The normalized spacial score (nSPS) is 24.2. The van der Waals surface area contributed by atoms with Crippen LogP contribution in [0.25, 0.3) is 0 Å². The van der Waals surface area contributed by atoms with Crippen LogP contribution in [0.2, 0.25) is 0 Å². The maximum Gasteiger partial charge on any atom is 0.230 e. The van der Waals surface area contributed by atoms with E-state index in [2.05, 4.69) is 5.16 Å². The number of nitrogens with two attached hydrogens (primary N) is 1. The molecule has 1 spiro atoms. The lowest BCUT2D eigenvalue weighted by atomic mass is 9.77. The van der Waals surface area contributed by atoms with Crippen LogP contribution >= 0.6 is 0 Å². The first-order valence-electron chi connectivity index (χ1n) is 6.39. The van der Waals surface area contributed by atoms with E-state index in [1.54, 1.807) is 0 Å². The van der Waals surface area contributed by atoms with Gasteiger partial charge in [-0.1, -0.05) is 18.0 Å². The number of oxime groups is 1. The Bertz CT molecular complexity index is 312. The number of nitrogens with zero attached hydrogens (tertiary/aromatic N) is 2. The third kappa shape index (κ3) is 2.70. The van der Waals surface area contributed by atoms with Crippen molar-refractivity contribution in [3.05, 3.63) is 0 Å². The Labute approximate surface area is 102 Å². The summed E-state index contributed by atoms with van der Waals surface area (Å²) in [6.45, 7) is 1.66. The highest BCUT2D eigenvalue weighted by Gasteiger charge is 2.37. The average Bonchev–Trinajstić information content (AvgIpc) is 2.78. The van der Waals surface area contributed by atoms with Crippen molar-refractivity contribution >= 4 is 11.7 Å². The molecule has 96 valence electrons. The SMILES string of the molecule is NC(CC(=O)N1CCC2(CCCC2)CC1)=NO. The lowest BCUT2D eigenvalue weighted by molar-refractivity contribution is -0.132. The lowest BCUT2D eigenvalue weighted by Gasteiger charge is -2.39. The first-order valence-corrected chi connectivity index (χ1v) is 6.39. The molecule has 0 aromatic heterocycles. The first kappa shape index (κ1) is 12.2. The standard InChI is InChI=1S/C12H21N3O2/c13-10(14-17)9-11(16)15-7-5-12(6-8-15)3-1-2-4-12/h17H,1-9H2,(H2,13,14). The highest BCUT2D eigenvalue weighted by molar-refractivity contribution is 5.98. The van der Waals surface area contributed by atoms with Gasteiger partial charge in [-0.15, -0.1) is 0 Å². The fraction of sp³-hybridized carbons (Fsp3) is 0.833. The molecule has 1 amide bonds. The average molecular weight is 239 g/mol. The van der Waals surface area contributed by atoms with Crippen LogP contribution in [0.1, 0.15) is 44.9 Å². The van der Waals surface area contributed by atoms with Crippen LogP contribution in [0.15, 0.2) is 5.16 Å². The number of amides is 1. The van der Waals surface area contributed by atoms with Crippen molar-refractivity contribution in [2.24, 2.45) is 16.3 Å². The van der Waals surface area contributed by atoms with Crippen LogP contribution in [0.5, 0.6) is 0 Å². The van der Waals surface area contributed by atoms with Crippen LogP contribution in [0.4, 0.5) is 0 Å². The molecule has 2 aliphatic rings. The molecule has 1 saturated carbocycles. The second-order valence-electron chi connectivity index (χ2n) is 5.36. The monoisotopic (exact) mass is 239 g/mol. The molecule has 1 heterocycles. The molecule has 1 saturated heterocycles. The van der Waals surface area contributed by atoms with Crippen molar-refractivity contribution in [1.29, 1.82) is 0 Å². The molecule has 0 radical (unpaired) electrons. The van der Waals surface area contributed by atoms with Crippen molar-refractivity contribution in [3.8, 4) is 0 Å². The van der Waals surface area contributed by atoms with Gasteiger partial charge in [0.1, 0.15) is 5.84 Å². The largest absolute Gasteiger partial charge is 0.409 e. The fourth-order valence-electron chi connectivity index (χ4n) is 3.16. The van der Waals surface area contributed by atoms with Crippen molar-refractivity contribution in [1.82, 2.24) is 4.90 Å². The van der Waals surface area contributed by atoms with Crippen LogP contribution in [-0.2, 0) is 4.79 Å². The summed E-state index contributed by atoms with van der Waals surface area (Å²) in [6, 6.07) is 0. The van der Waals surface area contributed by atoms with Crippen LogP contribution < -0.4 is 5.73 Å². The minimum atomic E-state index is -0.0202. The molecule has 1 aliphatic carbocycles. The Morgan fingerprint density at radius 2 is 1.82 bits per heavy atom. The summed E-state index contributed by atoms with van der Waals surface area (Å²) in [5.74, 6) is -0.0238. The maximum atomic E-state index is 11.8. The molecule has 1 aliphatic heterocycles. The van der Waals surface area contributed by atoms with Gasteiger partial charge in [-0.2, -0.15) is 0 Å². The lowest BCUT2D eigenvalue weighted by Crippen LogP contribution is -2.43. The molecule has 5 heteroatoms. The van der Waals surface area contributed by atoms with E-state index >= 15 is 0 Å². The molecule has 0 aromatic carbocycles. The molecule has 0 bridgehead atoms. The third-order valence-electron chi connectivity index (χ3n) is 4.30. The number of hydrogen-bond donors (Lipinski definition) is 2. The summed E-state index contributed by atoms with van der Waals surface area (Å²) < 4.78 is 0. The molecule has 17 heavy (non-hydrogen) atoms. The Balaban J connectivity index is 1.84. The van der Waals surface area contributed by atoms with Gasteiger partial charge in [-0.05, 0) is 31.1 Å². The van der Waals surface area contributed by atoms with Gasteiger partial charge in [0.15, 0.2) is 0 Å². The molecule has 2 fully saturated rings. The summed E-state index contributed by atoms with van der Waals surface area (Å²) >= 11 is 0. The van der Waals surface area contributed by atoms with Crippen molar-refractivity contribution < 1.29 is 10.0 Å². The zero-order chi connectivity index (χ0) is 12.3. The van der Waals surface area contributed by atoms with E-state index in [9.17, 15) is 4.79 Å². The van der Waals surface area contributed by atoms with Gasteiger partial charge in [-0.25, -0.2) is 0 Å². The smallest absolute Gasteiger partial charge is 0.230 e. The number of amidine groups is 1. The van der Waals surface area contributed by atoms with Gasteiger partial charge in [0.25, 0.3) is 0 Å². The quantitative estimate of drug-likeness (QED) is 0.330. The van der Waals surface area contributed by atoms with E-state index in [-0.39, 0.29) is 18.2 Å². The van der Waals surface area contributed by atoms with Gasteiger partial charge >= 0.3 is 0 Å². The summed E-state index contributed by atoms with van der Waals surface area (Å²) in [5.41, 5.74) is 5.87. The molecule has 3 N–H and O–H groups in total. The van der Waals surface area contributed by atoms with Crippen molar-refractivity contribution in [2.45, 2.75) is 44.9 Å². The van der Waals surface area contributed by atoms with Crippen molar-refractivity contribution in [2.75, 3.05) is 13.1 Å². The summed E-state index contributed by atoms with van der Waals surface area (Å²) in [6.07, 6.45) is 7.62. The third-order valence-corrected chi connectivity index (χ3v) is 4.30. The van der Waals surface area contributed by atoms with Gasteiger partial charge in [-0.3, -0.25) is 4.79 Å². The Kier molecular flexibility index (Phi) is 3.54. The molecule has 2 rings (SSSR count). The number of likely N-dealkylation sites (tertiary alicyclic amines) is 1. The van der Waals surface area contributed by atoms with Crippen LogP contribution in [-0.4, -0.2) is 34.9 Å². The van der Waals surface area contributed by atoms with Gasteiger partial charge in [0.2, 0.25) is 5.91 Å². The number of carbonyl (C=O) groups is 1. The zero-order valence-electron chi connectivity index (χ0n) is 10.2. The predicted octanol–water partition coefficient (Wildman–Crippen LogP) is 1.31. The van der Waals surface area contributed by atoms with Gasteiger partial charge < -0.3 is 15.8 Å². The minimum absolute atomic E-state index is 0.00356. The zero-order valence-corrected chi connectivity index (χ0v) is 10.2. The van der Waals surface area contributed by atoms with Crippen LogP contribution in [0, 0.1) is 5.41 Å². The number of hydrogen-bond acceptors (Lipinski definition) is 3. The predicted molar refractivity (Wildman–Crippen MR) is 64.7 cm³/mol. The van der Waals surface area contributed by atoms with E-state index in [4.69, 9.17) is 10.9 Å². The minimum Gasteiger partial charge on any atom is -0.409 e. The maximum absolute atomic E-state index is 11.8. The van der Waals surface area contributed by atoms with Crippen LogP contribution in [0.3, 0.4) is 0 Å². The fourth-order valence-corrected chi connectivity index (χ4v) is 3.16. The Morgan fingerprint density at radius 1 is 1.24 bits per heavy atom. The molecular weight excluding hydrogens is 218 g/mol. The topological polar surface area (TPSA) is 78.9 Å². The second kappa shape index (κ2) is 4.94. The summed E-state index contributed by atoms with van der Waals surface area (Å²) in [5, 5.41) is 11.3. The molecule has 0 aromatic rings. The Hall–Kier alpha value is -1.26. The highest BCUT2D eigenvalue weighted by atomic mass is 16.4. The number of piperidine rings is 1. The number of carbonyl (C=O) groups excluding carboxylic acids is 1. The summed E-state index contributed by atoms with van der Waals surface area (Å²) in [7, 11) is 0. The van der Waals surface area contributed by atoms with E-state index in [1.807, 2.05) is 4.90 Å². The van der Waals surface area contributed by atoms with E-state index < -0.39 is 0 Å². The molecular formula is C12H21N3O2. The van der Waals surface area contributed by atoms with E-state index in [0.29, 0.717) is 5.41 Å². The van der Waals surface area contributed by atoms with Gasteiger partial charge in [0.05, 0.1) is 6.42 Å². The molecule has 5 nitrogen and oxygen atoms in total. The molecule has 0 unspecified atom stereocenters. The first-order chi connectivity index (χ1) is 8.15. The van der Waals surface area contributed by atoms with E-state index in [0.717, 1.165) is 25.9 Å². The van der Waals surface area contributed by atoms with Gasteiger partial charge in [0, 0.05) is 13.1 Å². The van der Waals surface area contributed by atoms with E-state index in [1.165, 1.54) is 25.7 Å². The summed E-state index contributed by atoms with van der Waals surface area (Å²) in [4.78, 5) is 13.7. The second-order valence-corrected chi connectivity index (χ2v) is 5.36. The Morgan fingerprint density at radius 3 is 2.35 bits per heavy atom. The molecule has 0 atom stereocenters. The number of rotatable bonds is 2.